The highest BCUT2D eigenvalue weighted by Crippen LogP contribution is 2.17. The Morgan fingerprint density at radius 3 is 2.06 bits per heavy atom. The van der Waals surface area contributed by atoms with Gasteiger partial charge in [-0.15, -0.1) is 0 Å². The zero-order valence-corrected chi connectivity index (χ0v) is 11.5. The summed E-state index contributed by atoms with van der Waals surface area (Å²) in [4.78, 5) is 2.49. The van der Waals surface area contributed by atoms with Crippen LogP contribution in [-0.4, -0.2) is 51.7 Å². The topological polar surface area (TPSA) is 30.9 Å². The van der Waals surface area contributed by atoms with Crippen LogP contribution >= 0.6 is 0 Å². The molecule has 0 bridgehead atoms. The zero-order chi connectivity index (χ0) is 12.5. The molecule has 0 saturated carbocycles. The third-order valence-corrected chi connectivity index (χ3v) is 3.23. The van der Waals surface area contributed by atoms with Gasteiger partial charge in [-0.3, -0.25) is 0 Å². The Balaban J connectivity index is 2.16. The first-order chi connectivity index (χ1) is 8.30. The van der Waals surface area contributed by atoms with Crippen molar-refractivity contribution >= 4 is 7.32 Å². The molecular weight excluding hydrogens is 217 g/mol. The van der Waals surface area contributed by atoms with Gasteiger partial charge in [0, 0.05) is 19.8 Å². The SMILES string of the molecule is CCOB(OCC)OCC1CCN(CC)CC1. The van der Waals surface area contributed by atoms with Gasteiger partial charge in [0.1, 0.15) is 0 Å². The smallest absolute Gasteiger partial charge is 0.386 e. The standard InChI is InChI=1S/C12H26BNO3/c1-4-14-9-7-12(8-10-14)11-17-13(15-5-2)16-6-3/h12H,4-11H2,1-3H3. The molecule has 1 rings (SSSR count). The summed E-state index contributed by atoms with van der Waals surface area (Å²) in [5.41, 5.74) is 0. The van der Waals surface area contributed by atoms with E-state index in [1.54, 1.807) is 0 Å². The molecule has 0 aromatic carbocycles. The van der Waals surface area contributed by atoms with Crippen molar-refractivity contribution in [1.29, 1.82) is 0 Å². The molecule has 0 aromatic rings. The molecule has 0 unspecified atom stereocenters. The van der Waals surface area contributed by atoms with Crippen molar-refractivity contribution in [2.75, 3.05) is 39.5 Å². The highest BCUT2D eigenvalue weighted by molar-refractivity contribution is 6.36. The van der Waals surface area contributed by atoms with Crippen molar-refractivity contribution in [3.05, 3.63) is 0 Å². The fraction of sp³-hybridized carbons (Fsp3) is 1.00. The van der Waals surface area contributed by atoms with Gasteiger partial charge in [0.2, 0.25) is 0 Å². The van der Waals surface area contributed by atoms with E-state index in [1.165, 1.54) is 25.9 Å². The summed E-state index contributed by atoms with van der Waals surface area (Å²) < 4.78 is 16.4. The third kappa shape index (κ3) is 5.86. The molecular formula is C12H26BNO3. The molecule has 0 radical (unpaired) electrons. The van der Waals surface area contributed by atoms with Crippen molar-refractivity contribution in [1.82, 2.24) is 4.90 Å². The number of nitrogens with zero attached hydrogens (tertiary/aromatic N) is 1. The number of likely N-dealkylation sites (tertiary alicyclic amines) is 1. The molecule has 17 heavy (non-hydrogen) atoms. The monoisotopic (exact) mass is 243 g/mol. The van der Waals surface area contributed by atoms with E-state index in [-0.39, 0.29) is 0 Å². The van der Waals surface area contributed by atoms with Crippen LogP contribution in [0.25, 0.3) is 0 Å². The maximum absolute atomic E-state index is 5.67. The lowest BCUT2D eigenvalue weighted by Crippen LogP contribution is -2.36. The lowest BCUT2D eigenvalue weighted by Gasteiger charge is -2.31. The molecule has 4 nitrogen and oxygen atoms in total. The first-order valence-electron chi connectivity index (χ1n) is 6.87. The molecule has 0 amide bonds. The van der Waals surface area contributed by atoms with Gasteiger partial charge >= 0.3 is 7.32 Å². The minimum atomic E-state index is -0.478. The summed E-state index contributed by atoms with van der Waals surface area (Å²) in [5, 5.41) is 0. The third-order valence-electron chi connectivity index (χ3n) is 3.23. The van der Waals surface area contributed by atoms with E-state index in [2.05, 4.69) is 11.8 Å². The molecule has 0 atom stereocenters. The molecule has 100 valence electrons. The molecule has 0 spiro atoms. The Labute approximate surface area is 106 Å². The fourth-order valence-corrected chi connectivity index (χ4v) is 2.10. The molecule has 1 heterocycles. The minimum Gasteiger partial charge on any atom is -0.386 e. The Morgan fingerprint density at radius 2 is 1.59 bits per heavy atom. The summed E-state index contributed by atoms with van der Waals surface area (Å²) in [7, 11) is -0.478. The molecule has 0 aliphatic carbocycles. The Bertz CT molecular complexity index is 181. The first-order valence-corrected chi connectivity index (χ1v) is 6.87. The molecule has 5 heteroatoms. The molecule has 1 saturated heterocycles. The zero-order valence-electron chi connectivity index (χ0n) is 11.5. The van der Waals surface area contributed by atoms with Crippen LogP contribution in [0.4, 0.5) is 0 Å². The van der Waals surface area contributed by atoms with Crippen LogP contribution in [0.1, 0.15) is 33.6 Å². The highest BCUT2D eigenvalue weighted by Gasteiger charge is 2.24. The van der Waals surface area contributed by atoms with Crippen LogP contribution in [0.3, 0.4) is 0 Å². The van der Waals surface area contributed by atoms with E-state index in [1.807, 2.05) is 13.8 Å². The molecule has 0 N–H and O–H groups in total. The van der Waals surface area contributed by atoms with Crippen molar-refractivity contribution in [3.63, 3.8) is 0 Å². The van der Waals surface area contributed by atoms with E-state index in [4.69, 9.17) is 14.0 Å². The molecule has 1 aliphatic rings. The Morgan fingerprint density at radius 1 is 1.00 bits per heavy atom. The van der Waals surface area contributed by atoms with Gasteiger partial charge in [0.15, 0.2) is 0 Å². The number of rotatable bonds is 8. The maximum Gasteiger partial charge on any atom is 0.639 e. The van der Waals surface area contributed by atoms with E-state index >= 15 is 0 Å². The van der Waals surface area contributed by atoms with Gasteiger partial charge in [0.25, 0.3) is 0 Å². The van der Waals surface area contributed by atoms with Gasteiger partial charge in [-0.2, -0.15) is 0 Å². The van der Waals surface area contributed by atoms with Crippen LogP contribution in [0.5, 0.6) is 0 Å². The van der Waals surface area contributed by atoms with Crippen LogP contribution in [0.2, 0.25) is 0 Å². The Hall–Kier alpha value is -0.0951. The largest absolute Gasteiger partial charge is 0.639 e. The second-order valence-electron chi connectivity index (χ2n) is 4.41. The highest BCUT2D eigenvalue weighted by atomic mass is 16.7. The maximum atomic E-state index is 5.67. The summed E-state index contributed by atoms with van der Waals surface area (Å²) in [6.07, 6.45) is 2.44. The van der Waals surface area contributed by atoms with Gasteiger partial charge in [-0.25, -0.2) is 0 Å². The second kappa shape index (κ2) is 8.92. The van der Waals surface area contributed by atoms with Gasteiger partial charge in [-0.1, -0.05) is 6.92 Å². The van der Waals surface area contributed by atoms with Crippen molar-refractivity contribution in [2.24, 2.45) is 5.92 Å². The van der Waals surface area contributed by atoms with Gasteiger partial charge in [-0.05, 0) is 52.2 Å². The average molecular weight is 243 g/mol. The van der Waals surface area contributed by atoms with Crippen LogP contribution in [0.15, 0.2) is 0 Å². The average Bonchev–Trinajstić information content (AvgIpc) is 2.37. The number of hydrogen-bond acceptors (Lipinski definition) is 4. The van der Waals surface area contributed by atoms with E-state index in [0.29, 0.717) is 19.1 Å². The van der Waals surface area contributed by atoms with E-state index < -0.39 is 7.32 Å². The first kappa shape index (κ1) is 15.0. The minimum absolute atomic E-state index is 0.478. The number of piperidine rings is 1. The van der Waals surface area contributed by atoms with Gasteiger partial charge < -0.3 is 18.9 Å². The summed E-state index contributed by atoms with van der Waals surface area (Å²) in [6.45, 7) is 11.7. The van der Waals surface area contributed by atoms with Crippen LogP contribution in [-0.2, 0) is 14.0 Å². The number of hydrogen-bond donors (Lipinski definition) is 0. The van der Waals surface area contributed by atoms with Crippen LogP contribution in [0, 0.1) is 5.92 Å². The predicted octanol–water partition coefficient (Wildman–Crippen LogP) is 1.79. The van der Waals surface area contributed by atoms with E-state index in [9.17, 15) is 0 Å². The van der Waals surface area contributed by atoms with Crippen molar-refractivity contribution in [3.8, 4) is 0 Å². The van der Waals surface area contributed by atoms with Crippen molar-refractivity contribution < 1.29 is 14.0 Å². The lowest BCUT2D eigenvalue weighted by atomic mass is 9.97. The molecule has 0 aromatic heterocycles. The summed E-state index contributed by atoms with van der Waals surface area (Å²) in [5.74, 6) is 0.654. The lowest BCUT2D eigenvalue weighted by molar-refractivity contribution is 0.0707. The Kier molecular flexibility index (Phi) is 7.85. The fourth-order valence-electron chi connectivity index (χ4n) is 2.10. The second-order valence-corrected chi connectivity index (χ2v) is 4.41. The normalized spacial score (nSPS) is 18.5. The summed E-state index contributed by atoms with van der Waals surface area (Å²) >= 11 is 0. The predicted molar refractivity (Wildman–Crippen MR) is 69.8 cm³/mol. The quantitative estimate of drug-likeness (QED) is 0.608. The van der Waals surface area contributed by atoms with Crippen molar-refractivity contribution in [2.45, 2.75) is 33.6 Å². The molecule has 1 aliphatic heterocycles. The summed E-state index contributed by atoms with van der Waals surface area (Å²) in [6, 6.07) is 0. The van der Waals surface area contributed by atoms with Gasteiger partial charge in [0.05, 0.1) is 0 Å². The molecule has 1 fully saturated rings. The van der Waals surface area contributed by atoms with E-state index in [0.717, 1.165) is 13.2 Å². The van der Waals surface area contributed by atoms with Crippen LogP contribution < -0.4 is 0 Å².